The van der Waals surface area contributed by atoms with Crippen LogP contribution in [-0.2, 0) is 4.79 Å². The molecule has 1 N–H and O–H groups in total. The third-order valence-electron chi connectivity index (χ3n) is 3.98. The summed E-state index contributed by atoms with van der Waals surface area (Å²) in [6.45, 7) is 8.31. The van der Waals surface area contributed by atoms with E-state index in [9.17, 15) is 4.79 Å². The van der Waals surface area contributed by atoms with Crippen LogP contribution < -0.4 is 5.32 Å². The van der Waals surface area contributed by atoms with Gasteiger partial charge in [0.25, 0.3) is 0 Å². The summed E-state index contributed by atoms with van der Waals surface area (Å²) in [7, 11) is 0. The van der Waals surface area contributed by atoms with Crippen molar-refractivity contribution in [1.82, 2.24) is 9.88 Å². The molecule has 0 aliphatic rings. The van der Waals surface area contributed by atoms with Crippen LogP contribution in [0.2, 0.25) is 0 Å². The second-order valence-corrected chi connectivity index (χ2v) is 6.11. The van der Waals surface area contributed by atoms with Crippen molar-refractivity contribution < 1.29 is 4.79 Å². The third kappa shape index (κ3) is 4.14. The van der Waals surface area contributed by atoms with E-state index >= 15 is 0 Å². The molecule has 1 unspecified atom stereocenters. The highest BCUT2D eigenvalue weighted by Crippen LogP contribution is 2.22. The van der Waals surface area contributed by atoms with Gasteiger partial charge in [0.15, 0.2) is 0 Å². The summed E-state index contributed by atoms with van der Waals surface area (Å²) in [5.41, 5.74) is 5.56. The maximum Gasteiger partial charge on any atom is 0.244 e. The number of amides is 1. The second kappa shape index (κ2) is 7.65. The molecule has 1 amide bonds. The summed E-state index contributed by atoms with van der Waals surface area (Å²) < 4.78 is 2.18. The zero-order chi connectivity index (χ0) is 17.7. The molecular weight excluding hydrogens is 298 g/mol. The molecule has 0 fully saturated rings. The monoisotopic (exact) mass is 321 g/mol. The van der Waals surface area contributed by atoms with Gasteiger partial charge >= 0.3 is 0 Å². The van der Waals surface area contributed by atoms with Crippen molar-refractivity contribution in [3.05, 3.63) is 58.9 Å². The highest BCUT2D eigenvalue weighted by molar-refractivity contribution is 5.91. The van der Waals surface area contributed by atoms with Crippen LogP contribution in [-0.4, -0.2) is 17.0 Å². The smallest absolute Gasteiger partial charge is 0.244 e. The number of benzene rings is 1. The van der Waals surface area contributed by atoms with Crippen molar-refractivity contribution in [2.75, 3.05) is 6.54 Å². The Kier molecular flexibility index (Phi) is 5.59. The SMILES string of the molecule is Cc1ccc(-n2c(C)cc(/C=C/C(=O)NCC(C)C#N)c2C)cc1. The molecule has 1 heterocycles. The number of hydrogen-bond donors (Lipinski definition) is 1. The van der Waals surface area contributed by atoms with E-state index in [0.717, 1.165) is 22.6 Å². The van der Waals surface area contributed by atoms with E-state index in [1.165, 1.54) is 11.6 Å². The molecule has 0 saturated carbocycles. The van der Waals surface area contributed by atoms with Gasteiger partial charge in [0.2, 0.25) is 5.91 Å². The van der Waals surface area contributed by atoms with Crippen LogP contribution in [0.3, 0.4) is 0 Å². The number of carbonyl (C=O) groups excluding carboxylic acids is 1. The quantitative estimate of drug-likeness (QED) is 0.854. The van der Waals surface area contributed by atoms with Crippen molar-refractivity contribution in [2.45, 2.75) is 27.7 Å². The lowest BCUT2D eigenvalue weighted by Crippen LogP contribution is -2.25. The molecule has 2 rings (SSSR count). The molecule has 4 heteroatoms. The van der Waals surface area contributed by atoms with Crippen molar-refractivity contribution in [2.24, 2.45) is 5.92 Å². The Balaban J connectivity index is 2.17. The third-order valence-corrected chi connectivity index (χ3v) is 3.98. The molecule has 4 nitrogen and oxygen atoms in total. The van der Waals surface area contributed by atoms with Gasteiger partial charge < -0.3 is 9.88 Å². The topological polar surface area (TPSA) is 57.8 Å². The predicted octanol–water partition coefficient (Wildman–Crippen LogP) is 3.69. The lowest BCUT2D eigenvalue weighted by Gasteiger charge is -2.09. The van der Waals surface area contributed by atoms with Crippen molar-refractivity contribution in [3.63, 3.8) is 0 Å². The normalized spacial score (nSPS) is 12.1. The molecule has 0 saturated heterocycles. The van der Waals surface area contributed by atoms with Gasteiger partial charge in [-0.2, -0.15) is 5.26 Å². The van der Waals surface area contributed by atoms with Gasteiger partial charge in [-0.3, -0.25) is 4.79 Å². The van der Waals surface area contributed by atoms with Crippen molar-refractivity contribution in [1.29, 1.82) is 5.26 Å². The average molecular weight is 321 g/mol. The number of nitriles is 1. The zero-order valence-corrected chi connectivity index (χ0v) is 14.6. The van der Waals surface area contributed by atoms with Gasteiger partial charge in [-0.25, -0.2) is 0 Å². The van der Waals surface area contributed by atoms with Crippen LogP contribution in [0, 0.1) is 38.0 Å². The summed E-state index contributed by atoms with van der Waals surface area (Å²) in [6, 6.07) is 12.5. The van der Waals surface area contributed by atoms with E-state index < -0.39 is 0 Å². The van der Waals surface area contributed by atoms with Crippen molar-refractivity contribution >= 4 is 12.0 Å². The molecule has 124 valence electrons. The Hall–Kier alpha value is -2.80. The molecule has 24 heavy (non-hydrogen) atoms. The lowest BCUT2D eigenvalue weighted by atomic mass is 10.2. The van der Waals surface area contributed by atoms with E-state index in [1.807, 2.05) is 13.0 Å². The summed E-state index contributed by atoms with van der Waals surface area (Å²) >= 11 is 0. The number of carbonyl (C=O) groups is 1. The van der Waals surface area contributed by atoms with Crippen LogP contribution in [0.4, 0.5) is 0 Å². The highest BCUT2D eigenvalue weighted by atomic mass is 16.1. The minimum Gasteiger partial charge on any atom is -0.351 e. The number of nitrogens with one attached hydrogen (secondary N) is 1. The van der Waals surface area contributed by atoms with Crippen LogP contribution in [0.1, 0.15) is 29.4 Å². The molecular formula is C20H23N3O. The first-order chi connectivity index (χ1) is 11.4. The van der Waals surface area contributed by atoms with Crippen LogP contribution in [0.15, 0.2) is 36.4 Å². The molecule has 1 aromatic carbocycles. The van der Waals surface area contributed by atoms with Gasteiger partial charge in [-0.1, -0.05) is 17.7 Å². The Morgan fingerprint density at radius 1 is 1.29 bits per heavy atom. The minimum atomic E-state index is -0.186. The van der Waals surface area contributed by atoms with Crippen LogP contribution >= 0.6 is 0 Å². The van der Waals surface area contributed by atoms with E-state index in [-0.39, 0.29) is 11.8 Å². The fraction of sp³-hybridized carbons (Fsp3) is 0.300. The first-order valence-electron chi connectivity index (χ1n) is 8.04. The highest BCUT2D eigenvalue weighted by Gasteiger charge is 2.09. The van der Waals surface area contributed by atoms with E-state index in [1.54, 1.807) is 6.92 Å². The molecule has 0 aliphatic carbocycles. The lowest BCUT2D eigenvalue weighted by molar-refractivity contribution is -0.116. The van der Waals surface area contributed by atoms with Crippen LogP contribution in [0.25, 0.3) is 11.8 Å². The summed E-state index contributed by atoms with van der Waals surface area (Å²) in [6.07, 6.45) is 3.34. The number of hydrogen-bond acceptors (Lipinski definition) is 2. The molecule has 1 atom stereocenters. The Morgan fingerprint density at radius 3 is 2.58 bits per heavy atom. The van der Waals surface area contributed by atoms with Crippen molar-refractivity contribution in [3.8, 4) is 11.8 Å². The van der Waals surface area contributed by atoms with Gasteiger partial charge in [0, 0.05) is 29.7 Å². The number of aromatic nitrogens is 1. The average Bonchev–Trinajstić information content (AvgIpc) is 2.85. The zero-order valence-electron chi connectivity index (χ0n) is 14.6. The summed E-state index contributed by atoms with van der Waals surface area (Å²) in [4.78, 5) is 11.8. The predicted molar refractivity (Wildman–Crippen MR) is 96.8 cm³/mol. The Morgan fingerprint density at radius 2 is 1.96 bits per heavy atom. The maximum atomic E-state index is 11.8. The molecule has 2 aromatic rings. The fourth-order valence-corrected chi connectivity index (χ4v) is 2.57. The first-order valence-corrected chi connectivity index (χ1v) is 8.04. The first kappa shape index (κ1) is 17.6. The number of rotatable bonds is 5. The molecule has 1 aromatic heterocycles. The van der Waals surface area contributed by atoms with Crippen LogP contribution in [0.5, 0.6) is 0 Å². The van der Waals surface area contributed by atoms with Gasteiger partial charge in [0.1, 0.15) is 0 Å². The second-order valence-electron chi connectivity index (χ2n) is 6.11. The number of nitrogens with zero attached hydrogens (tertiary/aromatic N) is 2. The maximum absolute atomic E-state index is 11.8. The van der Waals surface area contributed by atoms with Gasteiger partial charge in [-0.15, -0.1) is 0 Å². The standard InChI is InChI=1S/C20H23N3O/c1-14-5-8-19(9-6-14)23-16(3)11-18(17(23)4)7-10-20(24)22-13-15(2)12-21/h5-11,15H,13H2,1-4H3,(H,22,24)/b10-7+. The molecule has 0 spiro atoms. The van der Waals surface area contributed by atoms with Gasteiger partial charge in [0.05, 0.1) is 12.0 Å². The van der Waals surface area contributed by atoms with E-state index in [0.29, 0.717) is 6.54 Å². The van der Waals surface area contributed by atoms with E-state index in [4.69, 9.17) is 5.26 Å². The van der Waals surface area contributed by atoms with E-state index in [2.05, 4.69) is 60.1 Å². The largest absolute Gasteiger partial charge is 0.351 e. The minimum absolute atomic E-state index is 0.183. The molecule has 0 bridgehead atoms. The summed E-state index contributed by atoms with van der Waals surface area (Å²) in [5.74, 6) is -0.369. The summed E-state index contributed by atoms with van der Waals surface area (Å²) in [5, 5.41) is 11.5. The Bertz CT molecular complexity index is 792. The molecule has 0 aliphatic heterocycles. The Labute approximate surface area is 143 Å². The van der Waals surface area contributed by atoms with Gasteiger partial charge in [-0.05, 0) is 57.5 Å². The fourth-order valence-electron chi connectivity index (χ4n) is 2.57. The molecule has 0 radical (unpaired) electrons. The number of aryl methyl sites for hydroxylation is 2.